The van der Waals surface area contributed by atoms with Crippen LogP contribution in [-0.2, 0) is 15.9 Å². The van der Waals surface area contributed by atoms with E-state index in [9.17, 15) is 12.8 Å². The van der Waals surface area contributed by atoms with Crippen molar-refractivity contribution in [2.24, 2.45) is 0 Å². The summed E-state index contributed by atoms with van der Waals surface area (Å²) in [6.45, 7) is 1.08. The Bertz CT molecular complexity index is 540. The first-order chi connectivity index (χ1) is 9.05. The lowest BCUT2D eigenvalue weighted by molar-refractivity contribution is 0.423. The van der Waals surface area contributed by atoms with Crippen molar-refractivity contribution >= 4 is 21.6 Å². The fourth-order valence-corrected chi connectivity index (χ4v) is 4.02. The van der Waals surface area contributed by atoms with E-state index in [-0.39, 0.29) is 16.3 Å². The maximum atomic E-state index is 13.4. The molecular formula is C13H17ClFNO2S. The lowest BCUT2D eigenvalue weighted by Gasteiger charge is -2.20. The van der Waals surface area contributed by atoms with Gasteiger partial charge in [-0.25, -0.2) is 12.8 Å². The summed E-state index contributed by atoms with van der Waals surface area (Å²) in [6.07, 6.45) is 3.87. The van der Waals surface area contributed by atoms with Crippen molar-refractivity contribution in [1.29, 1.82) is 0 Å². The molecule has 0 spiro atoms. The molecule has 0 saturated carbocycles. The zero-order valence-corrected chi connectivity index (χ0v) is 12.2. The number of alkyl halides is 1. The molecule has 0 unspecified atom stereocenters. The molecule has 6 heteroatoms. The molecule has 1 saturated heterocycles. The molecule has 0 amide bonds. The lowest BCUT2D eigenvalue weighted by atomic mass is 10.2. The molecule has 0 aromatic heterocycles. The Labute approximate surface area is 118 Å². The minimum atomic E-state index is -3.53. The SMILES string of the molecule is O=S(=O)(c1ccc(F)c(CCl)c1)N1CCCCCC1. The first kappa shape index (κ1) is 14.8. The summed E-state index contributed by atoms with van der Waals surface area (Å²) >= 11 is 5.62. The van der Waals surface area contributed by atoms with E-state index in [1.165, 1.54) is 22.5 Å². The minimum absolute atomic E-state index is 0.0325. The number of halogens is 2. The van der Waals surface area contributed by atoms with Crippen molar-refractivity contribution in [1.82, 2.24) is 4.31 Å². The maximum absolute atomic E-state index is 13.4. The van der Waals surface area contributed by atoms with Crippen LogP contribution >= 0.6 is 11.6 Å². The standard InChI is InChI=1S/C13H17ClFNO2S/c14-10-11-9-12(5-6-13(11)15)19(17,18)16-7-3-1-2-4-8-16/h5-6,9H,1-4,7-8,10H2. The van der Waals surface area contributed by atoms with Crippen LogP contribution in [0.15, 0.2) is 23.1 Å². The molecule has 1 aliphatic heterocycles. The quantitative estimate of drug-likeness (QED) is 0.805. The summed E-state index contributed by atoms with van der Waals surface area (Å²) in [5.74, 6) is -0.500. The second-order valence-electron chi connectivity index (χ2n) is 4.71. The highest BCUT2D eigenvalue weighted by atomic mass is 35.5. The van der Waals surface area contributed by atoms with Crippen LogP contribution in [0.25, 0.3) is 0 Å². The van der Waals surface area contributed by atoms with Crippen LogP contribution in [0.2, 0.25) is 0 Å². The Morgan fingerprint density at radius 2 is 1.79 bits per heavy atom. The Hall–Kier alpha value is -0.650. The molecule has 1 fully saturated rings. The van der Waals surface area contributed by atoms with E-state index in [1.54, 1.807) is 0 Å². The summed E-state index contributed by atoms with van der Waals surface area (Å²) in [6, 6.07) is 3.82. The van der Waals surface area contributed by atoms with Gasteiger partial charge in [0.15, 0.2) is 0 Å². The molecule has 1 aliphatic rings. The fraction of sp³-hybridized carbons (Fsp3) is 0.538. The van der Waals surface area contributed by atoms with Gasteiger partial charge in [0.05, 0.1) is 10.8 Å². The van der Waals surface area contributed by atoms with Gasteiger partial charge in [0.1, 0.15) is 5.82 Å². The molecule has 0 radical (unpaired) electrons. The van der Waals surface area contributed by atoms with E-state index in [0.29, 0.717) is 13.1 Å². The van der Waals surface area contributed by atoms with E-state index >= 15 is 0 Å². The maximum Gasteiger partial charge on any atom is 0.243 e. The first-order valence-corrected chi connectivity index (χ1v) is 8.37. The molecule has 3 nitrogen and oxygen atoms in total. The van der Waals surface area contributed by atoms with Crippen LogP contribution in [0.5, 0.6) is 0 Å². The van der Waals surface area contributed by atoms with Gasteiger partial charge in [-0.1, -0.05) is 12.8 Å². The molecule has 0 N–H and O–H groups in total. The number of nitrogens with zero attached hydrogens (tertiary/aromatic N) is 1. The number of sulfonamides is 1. The topological polar surface area (TPSA) is 37.4 Å². The van der Waals surface area contributed by atoms with Crippen molar-refractivity contribution in [3.63, 3.8) is 0 Å². The van der Waals surface area contributed by atoms with Crippen LogP contribution < -0.4 is 0 Å². The van der Waals surface area contributed by atoms with E-state index in [4.69, 9.17) is 11.6 Å². The van der Waals surface area contributed by atoms with Crippen molar-refractivity contribution in [2.75, 3.05) is 13.1 Å². The van der Waals surface area contributed by atoms with Crippen LogP contribution in [0.4, 0.5) is 4.39 Å². The predicted octanol–water partition coefficient (Wildman–Crippen LogP) is 3.13. The third kappa shape index (κ3) is 3.27. The molecule has 19 heavy (non-hydrogen) atoms. The molecule has 106 valence electrons. The molecule has 1 aromatic carbocycles. The van der Waals surface area contributed by atoms with Crippen LogP contribution in [-0.4, -0.2) is 25.8 Å². The van der Waals surface area contributed by atoms with Gasteiger partial charge in [0.2, 0.25) is 10.0 Å². The third-order valence-corrected chi connectivity index (χ3v) is 5.55. The summed E-state index contributed by atoms with van der Waals surface area (Å²) in [5.41, 5.74) is 0.220. The zero-order chi connectivity index (χ0) is 13.9. The van der Waals surface area contributed by atoms with Crippen LogP contribution in [0.3, 0.4) is 0 Å². The van der Waals surface area contributed by atoms with E-state index in [1.807, 2.05) is 0 Å². The molecule has 2 rings (SSSR count). The van der Waals surface area contributed by atoms with Crippen molar-refractivity contribution in [2.45, 2.75) is 36.5 Å². The number of rotatable bonds is 3. The van der Waals surface area contributed by atoms with Gasteiger partial charge >= 0.3 is 0 Å². The normalized spacial score (nSPS) is 18.2. The molecule has 1 heterocycles. The Morgan fingerprint density at radius 1 is 1.16 bits per heavy atom. The minimum Gasteiger partial charge on any atom is -0.207 e. The van der Waals surface area contributed by atoms with Gasteiger partial charge in [-0.15, -0.1) is 11.6 Å². The molecule has 0 bridgehead atoms. The zero-order valence-electron chi connectivity index (χ0n) is 10.6. The molecule has 0 aliphatic carbocycles. The Kier molecular flexibility index (Phi) is 4.81. The Balaban J connectivity index is 2.32. The summed E-state index contributed by atoms with van der Waals surface area (Å²) < 4.78 is 39.8. The van der Waals surface area contributed by atoms with Gasteiger partial charge in [0, 0.05) is 18.7 Å². The summed E-state index contributed by atoms with van der Waals surface area (Å²) in [5, 5.41) is 0. The summed E-state index contributed by atoms with van der Waals surface area (Å²) in [4.78, 5) is 0.131. The van der Waals surface area contributed by atoms with Gasteiger partial charge in [-0.2, -0.15) is 4.31 Å². The van der Waals surface area contributed by atoms with E-state index < -0.39 is 15.8 Å². The van der Waals surface area contributed by atoms with E-state index in [2.05, 4.69) is 0 Å². The monoisotopic (exact) mass is 305 g/mol. The first-order valence-electron chi connectivity index (χ1n) is 6.40. The third-order valence-electron chi connectivity index (χ3n) is 3.36. The second-order valence-corrected chi connectivity index (χ2v) is 6.91. The smallest absolute Gasteiger partial charge is 0.207 e. The average molecular weight is 306 g/mol. The highest BCUT2D eigenvalue weighted by molar-refractivity contribution is 7.89. The Morgan fingerprint density at radius 3 is 2.37 bits per heavy atom. The highest BCUT2D eigenvalue weighted by Gasteiger charge is 2.25. The fourth-order valence-electron chi connectivity index (χ4n) is 2.25. The van der Waals surface area contributed by atoms with Gasteiger partial charge < -0.3 is 0 Å². The summed E-state index contributed by atoms with van der Waals surface area (Å²) in [7, 11) is -3.53. The molecule has 0 atom stereocenters. The largest absolute Gasteiger partial charge is 0.243 e. The van der Waals surface area contributed by atoms with Crippen LogP contribution in [0, 0.1) is 5.82 Å². The lowest BCUT2D eigenvalue weighted by Crippen LogP contribution is -2.32. The molecule has 1 aromatic rings. The van der Waals surface area contributed by atoms with Crippen molar-refractivity contribution < 1.29 is 12.8 Å². The second kappa shape index (κ2) is 6.20. The predicted molar refractivity (Wildman–Crippen MR) is 73.2 cm³/mol. The van der Waals surface area contributed by atoms with Gasteiger partial charge in [-0.05, 0) is 31.0 Å². The van der Waals surface area contributed by atoms with Gasteiger partial charge in [0.25, 0.3) is 0 Å². The van der Waals surface area contributed by atoms with E-state index in [0.717, 1.165) is 25.7 Å². The average Bonchev–Trinajstić information content (AvgIpc) is 2.68. The number of benzene rings is 1. The van der Waals surface area contributed by atoms with Crippen molar-refractivity contribution in [3.05, 3.63) is 29.6 Å². The number of hydrogen-bond donors (Lipinski definition) is 0. The van der Waals surface area contributed by atoms with Crippen molar-refractivity contribution in [3.8, 4) is 0 Å². The number of hydrogen-bond acceptors (Lipinski definition) is 2. The molecular weight excluding hydrogens is 289 g/mol. The van der Waals surface area contributed by atoms with Crippen LogP contribution in [0.1, 0.15) is 31.2 Å². The van der Waals surface area contributed by atoms with Gasteiger partial charge in [-0.3, -0.25) is 0 Å². The highest BCUT2D eigenvalue weighted by Crippen LogP contribution is 2.22.